The molecule has 1 aromatic carbocycles. The average Bonchev–Trinajstić information content (AvgIpc) is 3.33. The van der Waals surface area contributed by atoms with Gasteiger partial charge in [0.05, 0.1) is 17.5 Å². The van der Waals surface area contributed by atoms with Crippen LogP contribution < -0.4 is 10.6 Å². The van der Waals surface area contributed by atoms with Gasteiger partial charge in [-0.25, -0.2) is 4.68 Å². The minimum Gasteiger partial charge on any atom is -0.378 e. The molecule has 6 heteroatoms. The summed E-state index contributed by atoms with van der Waals surface area (Å²) in [5.74, 6) is 0.809. The van der Waals surface area contributed by atoms with Crippen LogP contribution >= 0.6 is 0 Å². The van der Waals surface area contributed by atoms with Crippen LogP contribution in [0.25, 0.3) is 5.69 Å². The molecule has 0 atom stereocenters. The largest absolute Gasteiger partial charge is 0.378 e. The molecule has 6 nitrogen and oxygen atoms in total. The van der Waals surface area contributed by atoms with E-state index in [9.17, 15) is 0 Å². The Morgan fingerprint density at radius 3 is 2.71 bits per heavy atom. The molecule has 152 valence electrons. The maximum atomic E-state index is 5.92. The van der Waals surface area contributed by atoms with E-state index in [0.29, 0.717) is 12.6 Å². The number of hydrogen-bond donors (Lipinski definition) is 2. The lowest BCUT2D eigenvalue weighted by molar-refractivity contribution is 0.0574. The molecule has 0 spiro atoms. The van der Waals surface area contributed by atoms with E-state index in [1.54, 1.807) is 7.05 Å². The minimum atomic E-state index is 0.489. The molecular formula is C22H33N5O. The summed E-state index contributed by atoms with van der Waals surface area (Å²) in [6.07, 6.45) is 6.57. The Bertz CT molecular complexity index is 777. The van der Waals surface area contributed by atoms with Crippen LogP contribution in [-0.4, -0.2) is 42.0 Å². The Balaban J connectivity index is 1.48. The van der Waals surface area contributed by atoms with Gasteiger partial charge in [0.2, 0.25) is 0 Å². The first-order chi connectivity index (χ1) is 13.7. The van der Waals surface area contributed by atoms with Crippen molar-refractivity contribution in [1.29, 1.82) is 0 Å². The molecule has 1 aliphatic carbocycles. The molecule has 1 aromatic heterocycles. The van der Waals surface area contributed by atoms with Crippen LogP contribution in [0.2, 0.25) is 0 Å². The summed E-state index contributed by atoms with van der Waals surface area (Å²) in [4.78, 5) is 4.33. The lowest BCUT2D eigenvalue weighted by Crippen LogP contribution is -2.37. The fraction of sp³-hybridized carbons (Fsp3) is 0.545. The summed E-state index contributed by atoms with van der Waals surface area (Å²) in [6, 6.07) is 10.4. The second kappa shape index (κ2) is 10.3. The topological polar surface area (TPSA) is 63.5 Å². The van der Waals surface area contributed by atoms with Gasteiger partial charge >= 0.3 is 0 Å². The monoisotopic (exact) mass is 383 g/mol. The zero-order valence-corrected chi connectivity index (χ0v) is 17.4. The highest BCUT2D eigenvalue weighted by atomic mass is 16.5. The van der Waals surface area contributed by atoms with Crippen molar-refractivity contribution in [3.8, 4) is 5.69 Å². The number of hydrogen-bond acceptors (Lipinski definition) is 3. The lowest BCUT2D eigenvalue weighted by atomic mass is 10.1. The van der Waals surface area contributed by atoms with Gasteiger partial charge in [-0.05, 0) is 50.8 Å². The summed E-state index contributed by atoms with van der Waals surface area (Å²) >= 11 is 0. The zero-order chi connectivity index (χ0) is 19.8. The van der Waals surface area contributed by atoms with Gasteiger partial charge in [0.15, 0.2) is 5.96 Å². The van der Waals surface area contributed by atoms with Gasteiger partial charge in [0.25, 0.3) is 0 Å². The highest BCUT2D eigenvalue weighted by molar-refractivity contribution is 5.79. The predicted octanol–water partition coefficient (Wildman–Crippen LogP) is 3.50. The van der Waals surface area contributed by atoms with E-state index in [1.165, 1.54) is 31.2 Å². The number of benzene rings is 1. The van der Waals surface area contributed by atoms with Crippen LogP contribution in [0.3, 0.4) is 0 Å². The Labute approximate surface area is 168 Å². The summed E-state index contributed by atoms with van der Waals surface area (Å²) in [6.45, 7) is 6.46. The van der Waals surface area contributed by atoms with Crippen molar-refractivity contribution in [3.05, 3.63) is 47.3 Å². The first-order valence-electron chi connectivity index (χ1n) is 10.3. The van der Waals surface area contributed by atoms with Crippen LogP contribution in [0.4, 0.5) is 0 Å². The summed E-state index contributed by atoms with van der Waals surface area (Å²) < 4.78 is 7.92. The number of para-hydroxylation sites is 1. The molecule has 0 radical (unpaired) electrons. The van der Waals surface area contributed by atoms with Crippen molar-refractivity contribution in [1.82, 2.24) is 20.4 Å². The van der Waals surface area contributed by atoms with Crippen molar-refractivity contribution < 1.29 is 4.74 Å². The standard InChI is InChI=1S/C22H33N5O/c1-17-15-18(2)27(26-17)21-12-7-4-9-19(21)16-25-22(23-3)24-13-8-14-28-20-10-5-6-11-20/h4,7,9,12,15,20H,5-6,8,10-11,13-14,16H2,1-3H3,(H2,23,24,25). The van der Waals surface area contributed by atoms with Crippen molar-refractivity contribution in [2.24, 2.45) is 4.99 Å². The van der Waals surface area contributed by atoms with Crippen LogP contribution in [0.1, 0.15) is 49.1 Å². The Morgan fingerprint density at radius 2 is 2.00 bits per heavy atom. The Hall–Kier alpha value is -2.34. The smallest absolute Gasteiger partial charge is 0.191 e. The lowest BCUT2D eigenvalue weighted by Gasteiger charge is -2.15. The van der Waals surface area contributed by atoms with E-state index in [4.69, 9.17) is 4.74 Å². The van der Waals surface area contributed by atoms with E-state index < -0.39 is 0 Å². The molecule has 0 unspecified atom stereocenters. The fourth-order valence-electron chi connectivity index (χ4n) is 3.72. The molecule has 1 saturated carbocycles. The van der Waals surface area contributed by atoms with Gasteiger partial charge in [-0.15, -0.1) is 0 Å². The molecule has 0 saturated heterocycles. The van der Waals surface area contributed by atoms with E-state index >= 15 is 0 Å². The van der Waals surface area contributed by atoms with Gasteiger partial charge in [0, 0.05) is 32.4 Å². The number of rotatable bonds is 8. The third-order valence-corrected chi connectivity index (χ3v) is 5.17. The molecule has 2 N–H and O–H groups in total. The third-order valence-electron chi connectivity index (χ3n) is 5.17. The molecule has 0 bridgehead atoms. The van der Waals surface area contributed by atoms with Crippen LogP contribution in [0.15, 0.2) is 35.3 Å². The second-order valence-electron chi connectivity index (χ2n) is 7.45. The molecule has 0 amide bonds. The third kappa shape index (κ3) is 5.58. The predicted molar refractivity (Wildman–Crippen MR) is 114 cm³/mol. The molecule has 1 aliphatic rings. The van der Waals surface area contributed by atoms with E-state index in [1.807, 2.05) is 17.7 Å². The highest BCUT2D eigenvalue weighted by Crippen LogP contribution is 2.20. The van der Waals surface area contributed by atoms with Gasteiger partial charge in [-0.1, -0.05) is 31.0 Å². The van der Waals surface area contributed by atoms with Gasteiger partial charge in [-0.3, -0.25) is 4.99 Å². The molecule has 2 aromatic rings. The fourth-order valence-corrected chi connectivity index (χ4v) is 3.72. The molecule has 1 heterocycles. The first-order valence-corrected chi connectivity index (χ1v) is 10.3. The normalized spacial score (nSPS) is 15.2. The van der Waals surface area contributed by atoms with E-state index in [2.05, 4.69) is 51.9 Å². The number of guanidine groups is 1. The number of aryl methyl sites for hydroxylation is 2. The number of ether oxygens (including phenoxy) is 1. The number of nitrogens with one attached hydrogen (secondary N) is 2. The van der Waals surface area contributed by atoms with Crippen molar-refractivity contribution >= 4 is 5.96 Å². The van der Waals surface area contributed by atoms with E-state index in [-0.39, 0.29) is 0 Å². The van der Waals surface area contributed by atoms with E-state index in [0.717, 1.165) is 42.6 Å². The maximum Gasteiger partial charge on any atom is 0.191 e. The molecule has 0 aliphatic heterocycles. The molecule has 3 rings (SSSR count). The van der Waals surface area contributed by atoms with Crippen molar-refractivity contribution in [2.45, 2.75) is 58.6 Å². The van der Waals surface area contributed by atoms with Crippen LogP contribution in [-0.2, 0) is 11.3 Å². The zero-order valence-electron chi connectivity index (χ0n) is 17.4. The summed E-state index contributed by atoms with van der Waals surface area (Å²) in [5.41, 5.74) is 4.44. The van der Waals surface area contributed by atoms with Gasteiger partial charge in [-0.2, -0.15) is 5.10 Å². The summed E-state index contributed by atoms with van der Waals surface area (Å²) in [5, 5.41) is 11.4. The van der Waals surface area contributed by atoms with Gasteiger partial charge in [0.1, 0.15) is 0 Å². The second-order valence-corrected chi connectivity index (χ2v) is 7.45. The molecular weight excluding hydrogens is 350 g/mol. The molecule has 28 heavy (non-hydrogen) atoms. The highest BCUT2D eigenvalue weighted by Gasteiger charge is 2.14. The Morgan fingerprint density at radius 1 is 1.21 bits per heavy atom. The molecule has 1 fully saturated rings. The average molecular weight is 384 g/mol. The van der Waals surface area contributed by atoms with Crippen molar-refractivity contribution in [2.75, 3.05) is 20.2 Å². The number of nitrogens with zero attached hydrogens (tertiary/aromatic N) is 3. The minimum absolute atomic E-state index is 0.489. The quantitative estimate of drug-likeness (QED) is 0.416. The maximum absolute atomic E-state index is 5.92. The van der Waals surface area contributed by atoms with Gasteiger partial charge < -0.3 is 15.4 Å². The number of aliphatic imine (C=N–C) groups is 1. The van der Waals surface area contributed by atoms with Crippen molar-refractivity contribution in [3.63, 3.8) is 0 Å². The number of aromatic nitrogens is 2. The Kier molecular flexibility index (Phi) is 7.48. The van der Waals surface area contributed by atoms with Crippen LogP contribution in [0.5, 0.6) is 0 Å². The SMILES string of the molecule is CN=C(NCCCOC1CCCC1)NCc1ccccc1-n1nc(C)cc1C. The van der Waals surface area contributed by atoms with Crippen LogP contribution in [0, 0.1) is 13.8 Å². The summed E-state index contributed by atoms with van der Waals surface area (Å²) in [7, 11) is 1.80. The first kappa shape index (κ1) is 20.4.